The Morgan fingerprint density at radius 3 is 2.00 bits per heavy atom. The summed E-state index contributed by atoms with van der Waals surface area (Å²) < 4.78 is 20.2. The van der Waals surface area contributed by atoms with E-state index in [0.29, 0.717) is 39.3 Å². The first-order chi connectivity index (χ1) is 19.8. The molecule has 226 valence electrons. The molecule has 0 spiro atoms. The van der Waals surface area contributed by atoms with Crippen molar-refractivity contribution in [3.05, 3.63) is 35.7 Å². The molecule has 1 aromatic rings. The number of piperazine rings is 2. The van der Waals surface area contributed by atoms with Gasteiger partial charge < -0.3 is 24.0 Å². The Bertz CT molecular complexity index is 1500. The van der Waals surface area contributed by atoms with Gasteiger partial charge in [-0.05, 0) is 59.7 Å². The summed E-state index contributed by atoms with van der Waals surface area (Å²) in [6.45, 7) is 16.6. The molecule has 0 radical (unpaired) electrons. The number of methoxy groups -OCH3 is 1. The fourth-order valence-electron chi connectivity index (χ4n) is 5.17. The standard InChI is InChI=1S/C31H42N5O5S/c1-30(2,3)40-28(37)35-14-10-33(11-15-35)21-8-9-22-26(18-21)42-27-20-24(25(39-7)19-23(27)32-22)34-12-16-36(17-13-34)29(38)41-31(4,5)6/h8-9,18-20H,10-17H2,1-7H3/q+1. The van der Waals surface area contributed by atoms with E-state index in [1.165, 1.54) is 0 Å². The Balaban J connectivity index is 1.37. The second-order valence-electron chi connectivity index (χ2n) is 12.8. The highest BCUT2D eigenvalue weighted by Gasteiger charge is 2.29. The first kappa shape index (κ1) is 29.9. The van der Waals surface area contributed by atoms with Crippen LogP contribution in [0.2, 0.25) is 0 Å². The van der Waals surface area contributed by atoms with E-state index in [1.54, 1.807) is 28.2 Å². The number of carbonyl (C=O) groups is 2. The zero-order chi connectivity index (χ0) is 30.2. The molecule has 0 N–H and O–H groups in total. The number of rotatable bonds is 2. The van der Waals surface area contributed by atoms with E-state index >= 15 is 0 Å². The molecule has 5 rings (SSSR count). The maximum Gasteiger partial charge on any atom is 0.410 e. The van der Waals surface area contributed by atoms with Crippen molar-refractivity contribution in [2.45, 2.75) is 52.7 Å². The highest BCUT2D eigenvalue weighted by atomic mass is 32.1. The first-order valence-electron chi connectivity index (χ1n) is 14.5. The average molecular weight is 597 g/mol. The van der Waals surface area contributed by atoms with Crippen LogP contribution in [-0.4, -0.2) is 97.6 Å². The molecule has 1 aromatic carbocycles. The van der Waals surface area contributed by atoms with E-state index in [2.05, 4.69) is 33.7 Å². The second-order valence-corrected chi connectivity index (χ2v) is 13.9. The van der Waals surface area contributed by atoms with Crippen molar-refractivity contribution >= 4 is 39.4 Å². The van der Waals surface area contributed by atoms with E-state index in [-0.39, 0.29) is 12.2 Å². The third kappa shape index (κ3) is 6.88. The highest BCUT2D eigenvalue weighted by Crippen LogP contribution is 2.33. The zero-order valence-corrected chi connectivity index (χ0v) is 26.5. The predicted octanol–water partition coefficient (Wildman–Crippen LogP) is 4.49. The molecule has 42 heavy (non-hydrogen) atoms. The Hall–Kier alpha value is -3.60. The minimum absolute atomic E-state index is 0.254. The fourth-order valence-corrected chi connectivity index (χ4v) is 6.18. The van der Waals surface area contributed by atoms with Gasteiger partial charge in [-0.3, -0.25) is 4.90 Å². The number of anilines is 1. The summed E-state index contributed by atoms with van der Waals surface area (Å²) in [5.74, 6) is 0.770. The number of benzene rings is 2. The topological polar surface area (TPSA) is 87.5 Å². The summed E-state index contributed by atoms with van der Waals surface area (Å²) in [5.41, 5.74) is 1.93. The summed E-state index contributed by atoms with van der Waals surface area (Å²) in [4.78, 5) is 36.9. The fraction of sp³-hybridized carbons (Fsp3) is 0.548. The number of ether oxygens (including phenoxy) is 3. The minimum atomic E-state index is -0.513. The quantitative estimate of drug-likeness (QED) is 0.318. The van der Waals surface area contributed by atoms with Gasteiger partial charge in [0.15, 0.2) is 18.8 Å². The lowest BCUT2D eigenvalue weighted by molar-refractivity contribution is 0.0213. The van der Waals surface area contributed by atoms with Gasteiger partial charge in [0.25, 0.3) is 0 Å². The maximum absolute atomic E-state index is 12.5. The lowest BCUT2D eigenvalue weighted by Crippen LogP contribution is -2.51. The monoisotopic (exact) mass is 596 g/mol. The van der Waals surface area contributed by atoms with E-state index in [9.17, 15) is 9.59 Å². The second kappa shape index (κ2) is 11.6. The van der Waals surface area contributed by atoms with Crippen LogP contribution >= 0.6 is 11.3 Å². The van der Waals surface area contributed by atoms with Crippen molar-refractivity contribution in [1.29, 1.82) is 0 Å². The van der Waals surface area contributed by atoms with Crippen molar-refractivity contribution in [2.24, 2.45) is 0 Å². The number of nitrogens with zero attached hydrogens (tertiary/aromatic N) is 5. The van der Waals surface area contributed by atoms with E-state index in [4.69, 9.17) is 19.2 Å². The van der Waals surface area contributed by atoms with Crippen molar-refractivity contribution in [2.75, 3.05) is 64.4 Å². The summed E-state index contributed by atoms with van der Waals surface area (Å²) in [6, 6.07) is 10.5. The molecule has 0 unspecified atom stereocenters. The molecule has 0 saturated carbocycles. The average Bonchev–Trinajstić information content (AvgIpc) is 2.93. The smallest absolute Gasteiger partial charge is 0.410 e. The van der Waals surface area contributed by atoms with Gasteiger partial charge in [0, 0.05) is 44.0 Å². The van der Waals surface area contributed by atoms with E-state index < -0.39 is 11.2 Å². The van der Waals surface area contributed by atoms with E-state index in [1.807, 2.05) is 47.6 Å². The number of carbonyl (C=O) groups excluding carboxylic acids is 2. The molecular formula is C31H42N5O5S+. The normalized spacial score (nSPS) is 16.6. The van der Waals surface area contributed by atoms with Gasteiger partial charge in [0.05, 0.1) is 41.0 Å². The molecule has 2 saturated heterocycles. The minimum Gasteiger partial charge on any atom is -0.490 e. The Morgan fingerprint density at radius 1 is 0.833 bits per heavy atom. The molecule has 4 aliphatic rings. The number of hydrogen-bond donors (Lipinski definition) is 0. The van der Waals surface area contributed by atoms with Crippen LogP contribution in [-0.2, 0) is 9.47 Å². The molecule has 3 aliphatic heterocycles. The van der Waals surface area contributed by atoms with Crippen molar-refractivity contribution < 1.29 is 23.8 Å². The molecule has 0 aromatic heterocycles. The molecule has 0 bridgehead atoms. The maximum atomic E-state index is 12.5. The van der Waals surface area contributed by atoms with Crippen LogP contribution in [0.15, 0.2) is 30.3 Å². The molecular weight excluding hydrogens is 554 g/mol. The Labute approximate surface area is 251 Å². The lowest BCUT2D eigenvalue weighted by Gasteiger charge is -2.36. The van der Waals surface area contributed by atoms with Gasteiger partial charge in [-0.2, -0.15) is 0 Å². The van der Waals surface area contributed by atoms with Gasteiger partial charge in [-0.25, -0.2) is 19.1 Å². The number of fused-ring (bicyclic) bond motifs is 2. The number of aromatic nitrogens is 1. The largest absolute Gasteiger partial charge is 0.490 e. The number of amides is 2. The molecule has 2 fully saturated rings. The summed E-state index contributed by atoms with van der Waals surface area (Å²) >= 11 is 1.71. The molecule has 11 heteroatoms. The molecule has 1 aliphatic carbocycles. The van der Waals surface area contributed by atoms with E-state index in [0.717, 1.165) is 50.7 Å². The summed E-state index contributed by atoms with van der Waals surface area (Å²) in [5, 5.41) is 1.00. The van der Waals surface area contributed by atoms with Gasteiger partial charge in [0.1, 0.15) is 11.2 Å². The predicted molar refractivity (Wildman–Crippen MR) is 166 cm³/mol. The van der Waals surface area contributed by atoms with Crippen molar-refractivity contribution in [1.82, 2.24) is 19.4 Å². The summed E-state index contributed by atoms with van der Waals surface area (Å²) in [6.07, 6.45) is -0.524. The van der Waals surface area contributed by atoms with Crippen molar-refractivity contribution in [3.63, 3.8) is 0 Å². The van der Waals surface area contributed by atoms with Gasteiger partial charge in [-0.1, -0.05) is 0 Å². The number of hydrogen-bond acceptors (Lipinski definition) is 8. The van der Waals surface area contributed by atoms with Crippen LogP contribution in [0.5, 0.6) is 5.75 Å². The Morgan fingerprint density at radius 2 is 1.43 bits per heavy atom. The molecule has 3 heterocycles. The Kier molecular flexibility index (Phi) is 8.24. The van der Waals surface area contributed by atoms with Crippen LogP contribution in [0, 0.1) is 0 Å². The van der Waals surface area contributed by atoms with Gasteiger partial charge in [-0.15, -0.1) is 11.3 Å². The van der Waals surface area contributed by atoms with Crippen LogP contribution in [0.25, 0.3) is 20.8 Å². The van der Waals surface area contributed by atoms with Crippen LogP contribution < -0.4 is 19.6 Å². The zero-order valence-electron chi connectivity index (χ0n) is 25.7. The van der Waals surface area contributed by atoms with Gasteiger partial charge >= 0.3 is 12.2 Å². The highest BCUT2D eigenvalue weighted by molar-refractivity contribution is 7.21. The SMILES string of the molecule is COc1cc2nc3ccc(N4CCN(C(=O)OC(C)(C)C)CC4)cc3sc-2cc1=[N+]1CCN(C(=O)OC(C)(C)C)CC1. The van der Waals surface area contributed by atoms with Gasteiger partial charge in [0.2, 0.25) is 5.36 Å². The van der Waals surface area contributed by atoms with Crippen LogP contribution in [0.1, 0.15) is 41.5 Å². The van der Waals surface area contributed by atoms with Crippen molar-refractivity contribution in [3.8, 4) is 16.3 Å². The lowest BCUT2D eigenvalue weighted by atomic mass is 10.2. The third-order valence-electron chi connectivity index (χ3n) is 7.23. The third-order valence-corrected chi connectivity index (χ3v) is 8.33. The summed E-state index contributed by atoms with van der Waals surface area (Å²) in [7, 11) is 1.68. The van der Waals surface area contributed by atoms with Crippen LogP contribution in [0.3, 0.4) is 0 Å². The first-order valence-corrected chi connectivity index (χ1v) is 15.3. The molecule has 10 nitrogen and oxygen atoms in total. The molecule has 2 amide bonds. The molecule has 0 atom stereocenters. The van der Waals surface area contributed by atoms with Crippen LogP contribution in [0.4, 0.5) is 15.3 Å².